The predicted octanol–water partition coefficient (Wildman–Crippen LogP) is 1.40. The first-order valence-corrected chi connectivity index (χ1v) is 10.3. The van der Waals surface area contributed by atoms with E-state index in [4.69, 9.17) is 4.42 Å². The molecule has 0 fully saturated rings. The number of hydrogen-bond acceptors (Lipinski definition) is 7. The van der Waals surface area contributed by atoms with Crippen molar-refractivity contribution in [3.8, 4) is 0 Å². The summed E-state index contributed by atoms with van der Waals surface area (Å²) in [5.74, 6) is -0.0230. The molecule has 0 aliphatic carbocycles. The number of sulfonamides is 1. The molecule has 0 aliphatic heterocycles. The molecule has 11 heteroatoms. The first-order valence-electron chi connectivity index (χ1n) is 8.88. The fourth-order valence-corrected chi connectivity index (χ4v) is 3.29. The first-order chi connectivity index (χ1) is 13.7. The van der Waals surface area contributed by atoms with Gasteiger partial charge in [-0.15, -0.1) is 0 Å². The number of nitrogens with zero attached hydrogens (tertiary/aromatic N) is 1. The molecule has 29 heavy (non-hydrogen) atoms. The van der Waals surface area contributed by atoms with Gasteiger partial charge in [0, 0.05) is 20.6 Å². The van der Waals surface area contributed by atoms with Gasteiger partial charge in [0.05, 0.1) is 35.6 Å². The SMILES string of the molecule is CCNc1ccc(S(=O)(=O)N(C)C)cc1NCC(=O)NC(=O)NCc1ccco1. The van der Waals surface area contributed by atoms with Gasteiger partial charge in [-0.25, -0.2) is 17.5 Å². The van der Waals surface area contributed by atoms with Crippen molar-refractivity contribution in [2.45, 2.75) is 18.4 Å². The number of carbonyl (C=O) groups excluding carboxylic acids is 2. The molecule has 4 N–H and O–H groups in total. The van der Waals surface area contributed by atoms with E-state index in [0.717, 1.165) is 4.31 Å². The van der Waals surface area contributed by atoms with Crippen molar-refractivity contribution >= 4 is 33.3 Å². The van der Waals surface area contributed by atoms with E-state index in [-0.39, 0.29) is 18.0 Å². The molecule has 0 spiro atoms. The van der Waals surface area contributed by atoms with Crippen LogP contribution < -0.4 is 21.3 Å². The number of rotatable bonds is 9. The highest BCUT2D eigenvalue weighted by atomic mass is 32.2. The summed E-state index contributed by atoms with van der Waals surface area (Å²) in [6.45, 7) is 2.42. The quantitative estimate of drug-likeness (QED) is 0.479. The van der Waals surface area contributed by atoms with Crippen LogP contribution in [0.3, 0.4) is 0 Å². The van der Waals surface area contributed by atoms with Gasteiger partial charge in [-0.2, -0.15) is 0 Å². The third kappa shape index (κ3) is 6.22. The third-order valence-corrected chi connectivity index (χ3v) is 5.64. The molecular weight excluding hydrogens is 398 g/mol. The van der Waals surface area contributed by atoms with Crippen LogP contribution in [0.15, 0.2) is 45.9 Å². The molecule has 0 bridgehead atoms. The van der Waals surface area contributed by atoms with Gasteiger partial charge >= 0.3 is 6.03 Å². The van der Waals surface area contributed by atoms with Crippen molar-refractivity contribution in [2.75, 3.05) is 37.8 Å². The Morgan fingerprint density at radius 1 is 1.10 bits per heavy atom. The normalized spacial score (nSPS) is 11.2. The molecule has 0 radical (unpaired) electrons. The standard InChI is InChI=1S/C18H25N5O5S/c1-4-19-15-8-7-14(29(26,27)23(2)3)10-16(15)20-12-17(24)22-18(25)21-11-13-6-5-9-28-13/h5-10,19-20H,4,11-12H2,1-3H3,(H2,21,22,24,25). The predicted molar refractivity (Wildman–Crippen MR) is 109 cm³/mol. The molecule has 1 heterocycles. The monoisotopic (exact) mass is 423 g/mol. The molecule has 3 amide bonds. The average molecular weight is 423 g/mol. The fourth-order valence-electron chi connectivity index (χ4n) is 2.36. The minimum Gasteiger partial charge on any atom is -0.467 e. The lowest BCUT2D eigenvalue weighted by Crippen LogP contribution is -2.41. The summed E-state index contributed by atoms with van der Waals surface area (Å²) in [5, 5.41) is 10.6. The van der Waals surface area contributed by atoms with Crippen LogP contribution in [0, 0.1) is 0 Å². The molecular formula is C18H25N5O5S. The second-order valence-electron chi connectivity index (χ2n) is 6.19. The van der Waals surface area contributed by atoms with Crippen molar-refractivity contribution in [1.29, 1.82) is 0 Å². The molecule has 2 aromatic rings. The minimum atomic E-state index is -3.63. The van der Waals surface area contributed by atoms with Crippen LogP contribution in [-0.4, -0.2) is 51.8 Å². The maximum Gasteiger partial charge on any atom is 0.321 e. The van der Waals surface area contributed by atoms with Gasteiger partial charge in [0.1, 0.15) is 5.76 Å². The largest absolute Gasteiger partial charge is 0.467 e. The number of amides is 3. The topological polar surface area (TPSA) is 133 Å². The Kier molecular flexibility index (Phi) is 7.62. The van der Waals surface area contributed by atoms with Crippen LogP contribution >= 0.6 is 0 Å². The summed E-state index contributed by atoms with van der Waals surface area (Å²) in [4.78, 5) is 23.9. The number of nitrogens with one attached hydrogen (secondary N) is 4. The molecule has 0 unspecified atom stereocenters. The molecule has 1 aromatic carbocycles. The van der Waals surface area contributed by atoms with Crippen molar-refractivity contribution in [2.24, 2.45) is 0 Å². The molecule has 0 saturated carbocycles. The number of carbonyl (C=O) groups is 2. The highest BCUT2D eigenvalue weighted by Gasteiger charge is 2.19. The zero-order valence-electron chi connectivity index (χ0n) is 16.5. The Hall–Kier alpha value is -3.05. The van der Waals surface area contributed by atoms with Gasteiger partial charge in [-0.05, 0) is 37.3 Å². The third-order valence-electron chi connectivity index (χ3n) is 3.83. The van der Waals surface area contributed by atoms with E-state index in [0.29, 0.717) is 23.7 Å². The van der Waals surface area contributed by atoms with Gasteiger partial charge in [-0.1, -0.05) is 0 Å². The van der Waals surface area contributed by atoms with E-state index in [1.54, 1.807) is 18.2 Å². The van der Waals surface area contributed by atoms with E-state index in [2.05, 4.69) is 21.3 Å². The number of imide groups is 1. The van der Waals surface area contributed by atoms with Crippen LogP contribution in [0.2, 0.25) is 0 Å². The van der Waals surface area contributed by atoms with Crippen molar-refractivity contribution < 1.29 is 22.4 Å². The van der Waals surface area contributed by atoms with E-state index in [1.165, 1.54) is 32.5 Å². The summed E-state index contributed by atoms with van der Waals surface area (Å²) in [6, 6.07) is 7.27. The van der Waals surface area contributed by atoms with Gasteiger partial charge in [0.2, 0.25) is 15.9 Å². The Bertz CT molecular complexity index is 942. The molecule has 158 valence electrons. The molecule has 0 atom stereocenters. The van der Waals surface area contributed by atoms with Gasteiger partial charge in [0.15, 0.2) is 0 Å². The maximum atomic E-state index is 12.3. The Labute approximate surface area is 169 Å². The van der Waals surface area contributed by atoms with E-state index in [9.17, 15) is 18.0 Å². The van der Waals surface area contributed by atoms with E-state index >= 15 is 0 Å². The second kappa shape index (κ2) is 9.94. The lowest BCUT2D eigenvalue weighted by atomic mass is 10.2. The Morgan fingerprint density at radius 2 is 1.86 bits per heavy atom. The van der Waals surface area contributed by atoms with Crippen LogP contribution in [-0.2, 0) is 21.4 Å². The highest BCUT2D eigenvalue weighted by Crippen LogP contribution is 2.26. The summed E-state index contributed by atoms with van der Waals surface area (Å²) < 4.78 is 30.9. The molecule has 2 rings (SSSR count). The van der Waals surface area contributed by atoms with Crippen LogP contribution in [0.1, 0.15) is 12.7 Å². The fraction of sp³-hybridized carbons (Fsp3) is 0.333. The van der Waals surface area contributed by atoms with Crippen molar-refractivity contribution in [3.63, 3.8) is 0 Å². The van der Waals surface area contributed by atoms with Crippen molar-refractivity contribution in [1.82, 2.24) is 14.9 Å². The molecule has 0 saturated heterocycles. The highest BCUT2D eigenvalue weighted by molar-refractivity contribution is 7.89. The Morgan fingerprint density at radius 3 is 2.48 bits per heavy atom. The number of furan rings is 1. The average Bonchev–Trinajstić information content (AvgIpc) is 3.19. The van der Waals surface area contributed by atoms with Gasteiger partial charge in [-0.3, -0.25) is 10.1 Å². The second-order valence-corrected chi connectivity index (χ2v) is 8.34. The smallest absolute Gasteiger partial charge is 0.321 e. The Balaban J connectivity index is 2.00. The summed E-state index contributed by atoms with van der Waals surface area (Å²) in [7, 11) is -0.746. The maximum absolute atomic E-state index is 12.3. The lowest BCUT2D eigenvalue weighted by molar-refractivity contribution is -0.118. The molecule has 1 aromatic heterocycles. The van der Waals surface area contributed by atoms with Crippen LogP contribution in [0.4, 0.5) is 16.2 Å². The van der Waals surface area contributed by atoms with Crippen LogP contribution in [0.25, 0.3) is 0 Å². The molecule has 10 nitrogen and oxygen atoms in total. The lowest BCUT2D eigenvalue weighted by Gasteiger charge is -2.16. The summed E-state index contributed by atoms with van der Waals surface area (Å²) in [6.07, 6.45) is 1.48. The zero-order valence-corrected chi connectivity index (χ0v) is 17.3. The molecule has 0 aliphatic rings. The minimum absolute atomic E-state index is 0.0863. The first kappa shape index (κ1) is 22.2. The number of anilines is 2. The number of benzene rings is 1. The van der Waals surface area contributed by atoms with Gasteiger partial charge in [0.25, 0.3) is 0 Å². The summed E-state index contributed by atoms with van der Waals surface area (Å²) >= 11 is 0. The number of urea groups is 1. The number of hydrogen-bond donors (Lipinski definition) is 4. The zero-order chi connectivity index (χ0) is 21.4. The van der Waals surface area contributed by atoms with Crippen LogP contribution in [0.5, 0.6) is 0 Å². The summed E-state index contributed by atoms with van der Waals surface area (Å²) in [5.41, 5.74) is 1.07. The van der Waals surface area contributed by atoms with E-state index < -0.39 is 22.0 Å². The van der Waals surface area contributed by atoms with Gasteiger partial charge < -0.3 is 20.4 Å². The van der Waals surface area contributed by atoms with E-state index in [1.807, 2.05) is 6.92 Å². The van der Waals surface area contributed by atoms with Crippen molar-refractivity contribution in [3.05, 3.63) is 42.4 Å².